The maximum atomic E-state index is 11.5. The number of nitrogens with zero attached hydrogens (tertiary/aromatic N) is 1. The number of benzene rings is 1. The number of hydrogen-bond acceptors (Lipinski definition) is 4. The van der Waals surface area contributed by atoms with Crippen LogP contribution in [0.5, 0.6) is 0 Å². The molecule has 0 saturated carbocycles. The van der Waals surface area contributed by atoms with Crippen molar-refractivity contribution in [3.05, 3.63) is 35.6 Å². The molecular formula is C16H19NO4. The van der Waals surface area contributed by atoms with Crippen LogP contribution in [-0.2, 0) is 11.3 Å². The molecule has 1 fully saturated rings. The Labute approximate surface area is 123 Å². The number of furan rings is 1. The van der Waals surface area contributed by atoms with Crippen molar-refractivity contribution in [3.8, 4) is 0 Å². The fraction of sp³-hybridized carbons (Fsp3) is 0.438. The Morgan fingerprint density at radius 2 is 2.24 bits per heavy atom. The highest BCUT2D eigenvalue weighted by atomic mass is 16.5. The summed E-state index contributed by atoms with van der Waals surface area (Å²) in [6, 6.07) is 7.25. The van der Waals surface area contributed by atoms with Gasteiger partial charge in [-0.05, 0) is 26.0 Å². The Morgan fingerprint density at radius 3 is 2.95 bits per heavy atom. The minimum Gasteiger partial charge on any atom is -0.478 e. The molecule has 1 unspecified atom stereocenters. The number of fused-ring (bicyclic) bond motifs is 1. The number of aromatic carboxylic acids is 1. The zero-order chi connectivity index (χ0) is 14.8. The van der Waals surface area contributed by atoms with Crippen LogP contribution in [0.1, 0.15) is 29.0 Å². The molecule has 0 aliphatic carbocycles. The number of carbonyl (C=O) groups is 1. The fourth-order valence-corrected chi connectivity index (χ4v) is 2.89. The zero-order valence-electron chi connectivity index (χ0n) is 12.0. The summed E-state index contributed by atoms with van der Waals surface area (Å²) in [7, 11) is 1.96. The molecule has 1 N–H and O–H groups in total. The van der Waals surface area contributed by atoms with Gasteiger partial charge in [0.1, 0.15) is 16.9 Å². The first kappa shape index (κ1) is 14.1. The number of carboxylic acid groups (broad SMARTS) is 1. The first-order valence-electron chi connectivity index (χ1n) is 7.19. The summed E-state index contributed by atoms with van der Waals surface area (Å²) in [5, 5.41) is 10.1. The molecule has 21 heavy (non-hydrogen) atoms. The van der Waals surface area contributed by atoms with Gasteiger partial charge in [0.25, 0.3) is 0 Å². The van der Waals surface area contributed by atoms with E-state index in [4.69, 9.17) is 9.15 Å². The molecule has 3 rings (SSSR count). The lowest BCUT2D eigenvalue weighted by molar-refractivity contribution is 0.0688. The standard InChI is InChI=1S/C16H19NO4/c1-17(9-11-5-4-8-20-11)10-14-15(16(18)19)12-6-2-3-7-13(12)21-14/h2-3,6-7,11H,4-5,8-10H2,1H3,(H,18,19). The van der Waals surface area contributed by atoms with Gasteiger partial charge in [-0.2, -0.15) is 0 Å². The fourth-order valence-electron chi connectivity index (χ4n) is 2.89. The molecule has 5 heteroatoms. The first-order valence-corrected chi connectivity index (χ1v) is 7.19. The van der Waals surface area contributed by atoms with E-state index in [-0.39, 0.29) is 11.7 Å². The SMILES string of the molecule is CN(Cc1oc2ccccc2c1C(=O)O)CC1CCCO1. The summed E-state index contributed by atoms with van der Waals surface area (Å²) >= 11 is 0. The topological polar surface area (TPSA) is 62.9 Å². The summed E-state index contributed by atoms with van der Waals surface area (Å²) in [6.45, 7) is 2.08. The molecule has 2 aromatic rings. The Kier molecular flexibility index (Phi) is 3.94. The maximum absolute atomic E-state index is 11.5. The van der Waals surface area contributed by atoms with Crippen LogP contribution in [0, 0.1) is 0 Å². The van der Waals surface area contributed by atoms with Crippen LogP contribution >= 0.6 is 0 Å². The number of ether oxygens (including phenoxy) is 1. The lowest BCUT2D eigenvalue weighted by Gasteiger charge is -2.19. The second kappa shape index (κ2) is 5.87. The van der Waals surface area contributed by atoms with E-state index in [1.165, 1.54) is 0 Å². The van der Waals surface area contributed by atoms with Crippen molar-refractivity contribution in [1.29, 1.82) is 0 Å². The summed E-state index contributed by atoms with van der Waals surface area (Å²) in [4.78, 5) is 13.6. The second-order valence-corrected chi connectivity index (χ2v) is 5.53. The van der Waals surface area contributed by atoms with Gasteiger partial charge >= 0.3 is 5.97 Å². The lowest BCUT2D eigenvalue weighted by Crippen LogP contribution is -2.28. The van der Waals surface area contributed by atoms with Gasteiger partial charge < -0.3 is 14.3 Å². The van der Waals surface area contributed by atoms with Crippen molar-refractivity contribution < 1.29 is 19.1 Å². The van der Waals surface area contributed by atoms with Gasteiger partial charge in [-0.15, -0.1) is 0 Å². The lowest BCUT2D eigenvalue weighted by atomic mass is 10.1. The summed E-state index contributed by atoms with van der Waals surface area (Å²) in [5.41, 5.74) is 0.889. The Balaban J connectivity index is 1.82. The molecule has 5 nitrogen and oxygen atoms in total. The minimum absolute atomic E-state index is 0.243. The third kappa shape index (κ3) is 2.94. The highest BCUT2D eigenvalue weighted by Crippen LogP contribution is 2.27. The van der Waals surface area contributed by atoms with E-state index in [9.17, 15) is 9.90 Å². The maximum Gasteiger partial charge on any atom is 0.339 e. The quantitative estimate of drug-likeness (QED) is 0.917. The van der Waals surface area contributed by atoms with Crippen LogP contribution in [0.25, 0.3) is 11.0 Å². The summed E-state index contributed by atoms with van der Waals surface area (Å²) < 4.78 is 11.3. The molecule has 1 aliphatic rings. The van der Waals surface area contributed by atoms with Crippen LogP contribution in [0.2, 0.25) is 0 Å². The Morgan fingerprint density at radius 1 is 1.43 bits per heavy atom. The van der Waals surface area contributed by atoms with Gasteiger partial charge in [0, 0.05) is 18.5 Å². The molecule has 2 heterocycles. The third-order valence-electron chi connectivity index (χ3n) is 3.84. The normalized spacial score (nSPS) is 18.7. The molecule has 1 aliphatic heterocycles. The highest BCUT2D eigenvalue weighted by molar-refractivity contribution is 6.03. The van der Waals surface area contributed by atoms with E-state index < -0.39 is 5.97 Å². The highest BCUT2D eigenvalue weighted by Gasteiger charge is 2.23. The molecular weight excluding hydrogens is 270 g/mol. The number of hydrogen-bond donors (Lipinski definition) is 1. The van der Waals surface area contributed by atoms with Crippen molar-refractivity contribution in [3.63, 3.8) is 0 Å². The average Bonchev–Trinajstić information content (AvgIpc) is 3.04. The number of rotatable bonds is 5. The summed E-state index contributed by atoms with van der Waals surface area (Å²) in [5.74, 6) is -0.440. The van der Waals surface area contributed by atoms with E-state index in [1.807, 2.05) is 19.2 Å². The molecule has 0 amide bonds. The van der Waals surface area contributed by atoms with Crippen molar-refractivity contribution in [2.75, 3.05) is 20.2 Å². The van der Waals surface area contributed by atoms with E-state index in [0.29, 0.717) is 23.3 Å². The van der Waals surface area contributed by atoms with Crippen LogP contribution in [-0.4, -0.2) is 42.3 Å². The van der Waals surface area contributed by atoms with Crippen LogP contribution < -0.4 is 0 Å². The smallest absolute Gasteiger partial charge is 0.339 e. The Hall–Kier alpha value is -1.85. The third-order valence-corrected chi connectivity index (χ3v) is 3.84. The first-order chi connectivity index (χ1) is 10.1. The van der Waals surface area contributed by atoms with Gasteiger partial charge in [0.2, 0.25) is 0 Å². The van der Waals surface area contributed by atoms with Crippen molar-refractivity contribution in [1.82, 2.24) is 4.90 Å². The molecule has 0 spiro atoms. The number of likely N-dealkylation sites (N-methyl/N-ethyl adjacent to an activating group) is 1. The van der Waals surface area contributed by atoms with Crippen LogP contribution in [0.15, 0.2) is 28.7 Å². The van der Waals surface area contributed by atoms with E-state index >= 15 is 0 Å². The second-order valence-electron chi connectivity index (χ2n) is 5.53. The monoisotopic (exact) mass is 289 g/mol. The molecule has 1 aromatic carbocycles. The summed E-state index contributed by atoms with van der Waals surface area (Å²) in [6.07, 6.45) is 2.41. The molecule has 1 saturated heterocycles. The number of carboxylic acids is 1. The average molecular weight is 289 g/mol. The zero-order valence-corrected chi connectivity index (χ0v) is 12.0. The van der Waals surface area contributed by atoms with Gasteiger partial charge in [-0.25, -0.2) is 4.79 Å². The van der Waals surface area contributed by atoms with Gasteiger partial charge in [0.15, 0.2) is 0 Å². The minimum atomic E-state index is -0.944. The largest absolute Gasteiger partial charge is 0.478 e. The van der Waals surface area contributed by atoms with Crippen LogP contribution in [0.4, 0.5) is 0 Å². The molecule has 0 bridgehead atoms. The molecule has 112 valence electrons. The molecule has 1 atom stereocenters. The van der Waals surface area contributed by atoms with Gasteiger partial charge in [-0.1, -0.05) is 18.2 Å². The van der Waals surface area contributed by atoms with E-state index in [2.05, 4.69) is 4.90 Å². The van der Waals surface area contributed by atoms with Crippen molar-refractivity contribution in [2.24, 2.45) is 0 Å². The van der Waals surface area contributed by atoms with Crippen LogP contribution in [0.3, 0.4) is 0 Å². The predicted octanol–water partition coefficient (Wildman–Crippen LogP) is 2.74. The van der Waals surface area contributed by atoms with Gasteiger partial charge in [-0.3, -0.25) is 4.90 Å². The number of para-hydroxylation sites is 1. The molecule has 1 aromatic heterocycles. The van der Waals surface area contributed by atoms with E-state index in [0.717, 1.165) is 26.0 Å². The van der Waals surface area contributed by atoms with Gasteiger partial charge in [0.05, 0.1) is 12.6 Å². The molecule has 0 radical (unpaired) electrons. The van der Waals surface area contributed by atoms with Crippen molar-refractivity contribution >= 4 is 16.9 Å². The Bertz CT molecular complexity index is 643. The van der Waals surface area contributed by atoms with Crippen molar-refractivity contribution in [2.45, 2.75) is 25.5 Å². The van der Waals surface area contributed by atoms with E-state index in [1.54, 1.807) is 12.1 Å². The predicted molar refractivity (Wildman–Crippen MR) is 78.5 cm³/mol.